The third kappa shape index (κ3) is 7.90. The van der Waals surface area contributed by atoms with Crippen LogP contribution in [0.1, 0.15) is 110 Å². The fraction of sp³-hybridized carbons (Fsp3) is 0.360. The molecule has 0 aliphatic carbocycles. The summed E-state index contributed by atoms with van der Waals surface area (Å²) in [4.78, 5) is 4.94. The van der Waals surface area contributed by atoms with E-state index in [2.05, 4.69) is 180 Å². The van der Waals surface area contributed by atoms with Gasteiger partial charge in [-0.1, -0.05) is 124 Å². The molecule has 3 heterocycles. The maximum absolute atomic E-state index is 6.76. The van der Waals surface area contributed by atoms with Gasteiger partial charge < -0.3 is 9.30 Å². The number of hydrogen-bond donors (Lipinski definition) is 0. The molecule has 0 fully saturated rings. The normalized spacial score (nSPS) is 13.5. The number of benzene rings is 4. The summed E-state index contributed by atoms with van der Waals surface area (Å²) in [5.74, 6) is 2.99. The van der Waals surface area contributed by atoms with Gasteiger partial charge in [-0.2, -0.15) is 11.2 Å². The summed E-state index contributed by atoms with van der Waals surface area (Å²) in [6.07, 6.45) is 1.92. The number of pyridine rings is 1. The first-order valence-corrected chi connectivity index (χ1v) is 19.7. The van der Waals surface area contributed by atoms with E-state index in [1.807, 2.05) is 23.0 Å². The summed E-state index contributed by atoms with van der Waals surface area (Å²) in [5.41, 5.74) is 10.9. The monoisotopic (exact) mass is 923 g/mol. The van der Waals surface area contributed by atoms with Crippen LogP contribution in [0, 0.1) is 37.3 Å². The van der Waals surface area contributed by atoms with Crippen molar-refractivity contribution in [1.82, 2.24) is 19.3 Å². The van der Waals surface area contributed by atoms with Gasteiger partial charge in [-0.3, -0.25) is 4.68 Å². The van der Waals surface area contributed by atoms with Crippen molar-refractivity contribution in [3.63, 3.8) is 0 Å². The topological polar surface area (TPSA) is 44.9 Å². The minimum absolute atomic E-state index is 0. The predicted octanol–water partition coefficient (Wildman–Crippen LogP) is 13.4. The number of nitrogens with zero attached hydrogens (tertiary/aromatic N) is 4. The largest absolute Gasteiger partial charge is 2.00 e. The summed E-state index contributed by atoms with van der Waals surface area (Å²) in [6.45, 7) is 29.3. The van der Waals surface area contributed by atoms with Crippen LogP contribution < -0.4 is 4.74 Å². The van der Waals surface area contributed by atoms with Crippen LogP contribution >= 0.6 is 0 Å². The molecule has 0 saturated carbocycles. The van der Waals surface area contributed by atoms with Crippen molar-refractivity contribution in [1.29, 1.82) is 0 Å². The predicted molar refractivity (Wildman–Crippen MR) is 229 cm³/mol. The second kappa shape index (κ2) is 15.1. The number of aromatic nitrogens is 4. The Hall–Kier alpha value is -4.47. The molecular formula is C50H56N4OPt. The molecule has 0 radical (unpaired) electrons. The average Bonchev–Trinajstić information content (AvgIpc) is 3.62. The molecule has 0 aliphatic rings. The Morgan fingerprint density at radius 2 is 1.39 bits per heavy atom. The molecule has 0 amide bonds. The fourth-order valence-electron chi connectivity index (χ4n) is 7.72. The molecule has 6 heteroatoms. The maximum Gasteiger partial charge on any atom is 2.00 e. The van der Waals surface area contributed by atoms with E-state index >= 15 is 0 Å². The van der Waals surface area contributed by atoms with Crippen LogP contribution in [0.4, 0.5) is 0 Å². The molecular weight excluding hydrogens is 868 g/mol. The summed E-state index contributed by atoms with van der Waals surface area (Å²) < 4.78 is 11.0. The number of fused-ring (bicyclic) bond motifs is 3. The minimum atomic E-state index is -0.135. The summed E-state index contributed by atoms with van der Waals surface area (Å²) >= 11 is 0. The van der Waals surface area contributed by atoms with Crippen molar-refractivity contribution in [3.05, 3.63) is 131 Å². The molecule has 0 saturated heterocycles. The Labute approximate surface area is 348 Å². The second-order valence-electron chi connectivity index (χ2n) is 18.6. The molecule has 2 atom stereocenters. The molecule has 3 aromatic heterocycles. The quantitative estimate of drug-likeness (QED) is 0.150. The van der Waals surface area contributed by atoms with Crippen LogP contribution in [0.2, 0.25) is 0 Å². The Morgan fingerprint density at radius 1 is 0.696 bits per heavy atom. The van der Waals surface area contributed by atoms with Crippen LogP contribution in [-0.2, 0) is 31.9 Å². The molecule has 0 bridgehead atoms. The summed E-state index contributed by atoms with van der Waals surface area (Å²) in [7, 11) is 0. The van der Waals surface area contributed by atoms with E-state index in [1.54, 1.807) is 0 Å². The second-order valence-corrected chi connectivity index (χ2v) is 18.6. The first kappa shape index (κ1) is 41.2. The molecule has 56 heavy (non-hydrogen) atoms. The molecule has 0 N–H and O–H groups in total. The van der Waals surface area contributed by atoms with Crippen LogP contribution in [0.15, 0.2) is 91.1 Å². The van der Waals surface area contributed by atoms with Crippen molar-refractivity contribution in [2.24, 2.45) is 11.3 Å². The zero-order valence-corrected chi connectivity index (χ0v) is 37.6. The van der Waals surface area contributed by atoms with E-state index in [0.29, 0.717) is 23.3 Å². The summed E-state index contributed by atoms with van der Waals surface area (Å²) in [5, 5.41) is 7.32. The molecule has 2 unspecified atom stereocenters. The Morgan fingerprint density at radius 3 is 2.05 bits per heavy atom. The molecule has 7 rings (SSSR count). The van der Waals surface area contributed by atoms with Gasteiger partial charge in [-0.05, 0) is 87.9 Å². The van der Waals surface area contributed by atoms with E-state index in [9.17, 15) is 0 Å². The smallest absolute Gasteiger partial charge is 0.509 e. The van der Waals surface area contributed by atoms with Gasteiger partial charge in [0.2, 0.25) is 0 Å². The van der Waals surface area contributed by atoms with Gasteiger partial charge >= 0.3 is 21.1 Å². The van der Waals surface area contributed by atoms with Crippen molar-refractivity contribution in [3.8, 4) is 34.1 Å². The van der Waals surface area contributed by atoms with Crippen LogP contribution in [0.25, 0.3) is 44.4 Å². The Bertz CT molecular complexity index is 2520. The summed E-state index contributed by atoms with van der Waals surface area (Å²) in [6, 6.07) is 37.5. The zero-order valence-electron chi connectivity index (χ0n) is 35.3. The number of aryl methyl sites for hydroxylation is 1. The molecule has 7 aromatic rings. The fourth-order valence-corrected chi connectivity index (χ4v) is 7.72. The van der Waals surface area contributed by atoms with Gasteiger partial charge in [0.25, 0.3) is 0 Å². The van der Waals surface area contributed by atoms with E-state index < -0.39 is 0 Å². The Kier molecular flexibility index (Phi) is 11.1. The standard InChI is InChI=1S/C50H56N4O.Pt/c1-31(32(2)48(5,6)7)36-19-22-44-43(25-36)42-21-20-40(30-45(42)53(44)46-28-37(23-24-51-46)49(8,9)10)55-41-27-38(50(11,12)13)26-39(29-41)54-34(4)47(33(3)52-54)35-17-15-14-16-18-35;/h14-28,31-32H,1-13H3;/q-2;+2. The van der Waals surface area contributed by atoms with Crippen molar-refractivity contribution in [2.45, 2.75) is 107 Å². The van der Waals surface area contributed by atoms with Crippen molar-refractivity contribution < 1.29 is 25.8 Å². The van der Waals surface area contributed by atoms with Gasteiger partial charge in [0.15, 0.2) is 0 Å². The minimum Gasteiger partial charge on any atom is -0.509 e. The maximum atomic E-state index is 6.76. The van der Waals surface area contributed by atoms with Gasteiger partial charge in [0.05, 0.1) is 5.69 Å². The first-order valence-electron chi connectivity index (χ1n) is 19.7. The Balaban J connectivity index is 0.00000532. The number of ether oxygens (including phenoxy) is 1. The van der Waals surface area contributed by atoms with E-state index in [4.69, 9.17) is 14.8 Å². The average molecular weight is 924 g/mol. The molecule has 4 aromatic carbocycles. The molecule has 5 nitrogen and oxygen atoms in total. The molecule has 292 valence electrons. The number of hydrogen-bond acceptors (Lipinski definition) is 3. The van der Waals surface area contributed by atoms with E-state index in [-0.39, 0.29) is 37.3 Å². The van der Waals surface area contributed by atoms with E-state index in [1.165, 1.54) is 16.5 Å². The van der Waals surface area contributed by atoms with Crippen LogP contribution in [0.5, 0.6) is 11.5 Å². The van der Waals surface area contributed by atoms with Gasteiger partial charge in [0.1, 0.15) is 5.82 Å². The van der Waals surface area contributed by atoms with Gasteiger partial charge in [-0.25, -0.2) is 4.98 Å². The zero-order chi connectivity index (χ0) is 39.6. The van der Waals surface area contributed by atoms with Crippen LogP contribution in [-0.4, -0.2) is 19.3 Å². The van der Waals surface area contributed by atoms with Gasteiger partial charge in [0, 0.05) is 34.5 Å². The van der Waals surface area contributed by atoms with Crippen molar-refractivity contribution >= 4 is 21.8 Å². The van der Waals surface area contributed by atoms with Gasteiger partial charge in [-0.15, -0.1) is 41.3 Å². The van der Waals surface area contributed by atoms with E-state index in [0.717, 1.165) is 56.0 Å². The third-order valence-corrected chi connectivity index (χ3v) is 11.7. The first-order chi connectivity index (χ1) is 25.8. The van der Waals surface area contributed by atoms with Crippen molar-refractivity contribution in [2.75, 3.05) is 0 Å². The molecule has 0 spiro atoms. The SMILES string of the molecule is Cc1nn(-c2[c-]c(Oc3[c-]c4c(cc3)c3cc(C(C)C(C)C(C)(C)C)ccc3n4-c3cc(C(C)(C)C)ccn3)cc(C(C)(C)C)c2)c(C)c1-c1ccccc1.[Pt+2]. The van der Waals surface area contributed by atoms with Crippen LogP contribution in [0.3, 0.4) is 0 Å². The number of rotatable bonds is 7. The molecule has 0 aliphatic heterocycles. The third-order valence-electron chi connectivity index (χ3n) is 11.7.